The molecule has 26 heavy (non-hydrogen) atoms. The maximum atomic E-state index is 11.5. The van der Waals surface area contributed by atoms with Gasteiger partial charge in [0.05, 0.1) is 6.04 Å². The van der Waals surface area contributed by atoms with Crippen LogP contribution in [0, 0.1) is 11.8 Å². The van der Waals surface area contributed by atoms with Gasteiger partial charge in [-0.15, -0.1) is 5.09 Å². The van der Waals surface area contributed by atoms with E-state index in [4.69, 9.17) is 9.05 Å². The van der Waals surface area contributed by atoms with Gasteiger partial charge in [-0.2, -0.15) is 0 Å². The van der Waals surface area contributed by atoms with Crippen LogP contribution < -0.4 is 5.09 Å². The molecule has 0 amide bonds. The summed E-state index contributed by atoms with van der Waals surface area (Å²) in [7, 11) is -2.35. The number of carbonyl (C=O) groups is 1. The van der Waals surface area contributed by atoms with Crippen LogP contribution in [0.15, 0.2) is 11.9 Å². The van der Waals surface area contributed by atoms with E-state index in [1.807, 2.05) is 0 Å². The molecule has 2 aliphatic heterocycles. The Bertz CT molecular complexity index is 524. The molecular formula is C19H33NO5P+. The summed E-state index contributed by atoms with van der Waals surface area (Å²) in [6.07, 6.45) is 12.6. The van der Waals surface area contributed by atoms with Gasteiger partial charge in [-0.25, -0.2) is 9.05 Å². The number of hydrogen-bond donors (Lipinski definition) is 3. The average molecular weight is 386 g/mol. The minimum Gasteiger partial charge on any atom is -0.473 e. The maximum absolute atomic E-state index is 11.5. The summed E-state index contributed by atoms with van der Waals surface area (Å²) in [5.74, 6) is 0.708. The van der Waals surface area contributed by atoms with E-state index in [1.54, 1.807) is 0 Å². The van der Waals surface area contributed by atoms with E-state index in [0.29, 0.717) is 17.7 Å². The van der Waals surface area contributed by atoms with Gasteiger partial charge in [-0.05, 0) is 38.0 Å². The van der Waals surface area contributed by atoms with Crippen molar-refractivity contribution in [3.05, 3.63) is 11.9 Å². The predicted molar refractivity (Wildman–Crippen MR) is 102 cm³/mol. The van der Waals surface area contributed by atoms with E-state index < -0.39 is 19.8 Å². The third kappa shape index (κ3) is 4.83. The van der Waals surface area contributed by atoms with Crippen LogP contribution in [0.1, 0.15) is 77.6 Å². The summed E-state index contributed by atoms with van der Waals surface area (Å²) < 4.78 is 10.9. The molecule has 1 aliphatic carbocycles. The number of carbonyl (C=O) groups excluding carboxylic acids is 1. The highest BCUT2D eigenvalue weighted by molar-refractivity contribution is 7.65. The van der Waals surface area contributed by atoms with Crippen molar-refractivity contribution in [2.75, 3.05) is 6.16 Å². The lowest BCUT2D eigenvalue weighted by molar-refractivity contribution is -0.119. The molecule has 3 unspecified atom stereocenters. The molecule has 1 spiro atoms. The molecule has 1 saturated heterocycles. The summed E-state index contributed by atoms with van der Waals surface area (Å²) in [4.78, 5) is 11.5. The van der Waals surface area contributed by atoms with Crippen LogP contribution in [-0.2, 0) is 13.8 Å². The summed E-state index contributed by atoms with van der Waals surface area (Å²) in [6, 6.07) is 0.368. The highest BCUT2D eigenvalue weighted by Crippen LogP contribution is 2.70. The standard InChI is InChI=1S/C19H32NO5P/c1-2-7-16(21)9-6-4-3-5-8-14-10-11-15-13-26(20-17(15)12-14)24-18(22)19(23)25-26/h14-15,17,20H,2-13H2,1H3,(H-,22,23)/p+1. The van der Waals surface area contributed by atoms with E-state index >= 15 is 0 Å². The van der Waals surface area contributed by atoms with Gasteiger partial charge >= 0.3 is 19.8 Å². The molecule has 0 aromatic rings. The van der Waals surface area contributed by atoms with Gasteiger partial charge in [0, 0.05) is 18.8 Å². The minimum atomic E-state index is -2.35. The number of ketones is 1. The zero-order chi connectivity index (χ0) is 18.6. The third-order valence-electron chi connectivity index (χ3n) is 5.94. The molecule has 3 aliphatic rings. The van der Waals surface area contributed by atoms with E-state index in [9.17, 15) is 15.0 Å². The van der Waals surface area contributed by atoms with Crippen molar-refractivity contribution in [1.29, 1.82) is 0 Å². The first kappa shape index (κ1) is 19.8. The Morgan fingerprint density at radius 3 is 2.58 bits per heavy atom. The van der Waals surface area contributed by atoms with Gasteiger partial charge in [0.2, 0.25) is 0 Å². The van der Waals surface area contributed by atoms with E-state index in [-0.39, 0.29) is 0 Å². The number of hydrogen-bond acceptors (Lipinski definition) is 6. The second-order valence-electron chi connectivity index (χ2n) is 8.07. The quantitative estimate of drug-likeness (QED) is 0.376. The fraction of sp³-hybridized carbons (Fsp3) is 0.842. The van der Waals surface area contributed by atoms with E-state index in [1.165, 1.54) is 25.7 Å². The first-order valence-electron chi connectivity index (χ1n) is 10.2. The van der Waals surface area contributed by atoms with E-state index in [2.05, 4.69) is 12.0 Å². The Labute approximate surface area is 156 Å². The highest BCUT2D eigenvalue weighted by atomic mass is 31.2. The molecule has 3 atom stereocenters. The van der Waals surface area contributed by atoms with Crippen LogP contribution in [0.5, 0.6) is 0 Å². The molecule has 0 aromatic heterocycles. The second kappa shape index (κ2) is 8.79. The van der Waals surface area contributed by atoms with Crippen molar-refractivity contribution < 1.29 is 24.1 Å². The molecule has 2 fully saturated rings. The van der Waals surface area contributed by atoms with E-state index in [0.717, 1.165) is 57.0 Å². The first-order chi connectivity index (χ1) is 12.5. The van der Waals surface area contributed by atoms with Crippen LogP contribution in [0.4, 0.5) is 0 Å². The van der Waals surface area contributed by atoms with Crippen molar-refractivity contribution in [2.45, 2.75) is 83.6 Å². The summed E-state index contributed by atoms with van der Waals surface area (Å²) >= 11 is 0. The van der Waals surface area contributed by atoms with Crippen LogP contribution in [0.3, 0.4) is 0 Å². The lowest BCUT2D eigenvalue weighted by atomic mass is 9.77. The minimum absolute atomic E-state index is 0.368. The van der Waals surface area contributed by atoms with Crippen molar-refractivity contribution >= 4 is 13.7 Å². The van der Waals surface area contributed by atoms with Crippen molar-refractivity contribution in [3.63, 3.8) is 0 Å². The third-order valence-corrected chi connectivity index (χ3v) is 8.55. The number of nitrogens with one attached hydrogen (secondary N) is 1. The smallest absolute Gasteiger partial charge is 0.447 e. The normalized spacial score (nSPS) is 29.5. The molecule has 0 bridgehead atoms. The number of rotatable bonds is 9. The zero-order valence-corrected chi connectivity index (χ0v) is 16.7. The lowest BCUT2D eigenvalue weighted by Crippen LogP contribution is -2.33. The maximum Gasteiger partial charge on any atom is 0.447 e. The van der Waals surface area contributed by atoms with Crippen LogP contribution in [0.2, 0.25) is 0 Å². The number of unbranched alkanes of at least 4 members (excludes halogenated alkanes) is 3. The number of aliphatic hydroxyl groups is 2. The molecule has 3 rings (SSSR count). The Balaban J connectivity index is 1.31. The molecule has 0 radical (unpaired) electrons. The summed E-state index contributed by atoms with van der Waals surface area (Å²) in [6.45, 7) is 2.06. The van der Waals surface area contributed by atoms with Gasteiger partial charge < -0.3 is 10.2 Å². The number of fused-ring (bicyclic) bond motifs is 1. The molecule has 1 saturated carbocycles. The second-order valence-corrected chi connectivity index (χ2v) is 10.4. The molecule has 6 nitrogen and oxygen atoms in total. The van der Waals surface area contributed by atoms with Gasteiger partial charge in [0.15, 0.2) is 6.16 Å². The molecular weight excluding hydrogens is 353 g/mol. The SMILES string of the molecule is CCCC(=O)CCCCCCC1CCC2C[P+]3(NC2C1)OC(O)=C(O)O3. The summed E-state index contributed by atoms with van der Waals surface area (Å²) in [5.41, 5.74) is 0. The van der Waals surface area contributed by atoms with Gasteiger partial charge in [-0.3, -0.25) is 4.79 Å². The molecule has 148 valence electrons. The predicted octanol–water partition coefficient (Wildman–Crippen LogP) is 5.14. The Kier molecular flexibility index (Phi) is 6.68. The molecule has 0 aromatic carbocycles. The van der Waals surface area contributed by atoms with Gasteiger partial charge in [0.1, 0.15) is 5.78 Å². The average Bonchev–Trinajstić information content (AvgIpc) is 3.08. The highest BCUT2D eigenvalue weighted by Gasteiger charge is 2.64. The zero-order valence-electron chi connectivity index (χ0n) is 15.8. The van der Waals surface area contributed by atoms with Crippen molar-refractivity contribution in [2.24, 2.45) is 11.8 Å². The Hall–Kier alpha value is -1.00. The fourth-order valence-electron chi connectivity index (χ4n) is 4.59. The van der Waals surface area contributed by atoms with Crippen molar-refractivity contribution in [3.8, 4) is 0 Å². The van der Waals surface area contributed by atoms with Crippen LogP contribution >= 0.6 is 7.87 Å². The molecule has 3 N–H and O–H groups in total. The Morgan fingerprint density at radius 2 is 1.85 bits per heavy atom. The number of aliphatic hydroxyl groups excluding tert-OH is 2. The van der Waals surface area contributed by atoms with Crippen LogP contribution in [0.25, 0.3) is 0 Å². The van der Waals surface area contributed by atoms with Gasteiger partial charge in [-0.1, -0.05) is 32.6 Å². The fourth-order valence-corrected chi connectivity index (χ4v) is 7.58. The summed E-state index contributed by atoms with van der Waals surface area (Å²) in [5, 5.41) is 22.5. The topological polar surface area (TPSA) is 88.0 Å². The van der Waals surface area contributed by atoms with Crippen LogP contribution in [-0.4, -0.2) is 28.2 Å². The molecule has 7 heteroatoms. The largest absolute Gasteiger partial charge is 0.473 e. The van der Waals surface area contributed by atoms with Gasteiger partial charge in [0.25, 0.3) is 0 Å². The lowest BCUT2D eigenvalue weighted by Gasteiger charge is -2.29. The molecule has 2 heterocycles. The monoisotopic (exact) mass is 386 g/mol. The first-order valence-corrected chi connectivity index (χ1v) is 12.0. The number of Topliss-reactive ketones (excluding diaryl/α,β-unsaturated/α-hetero) is 1. The van der Waals surface area contributed by atoms with Crippen molar-refractivity contribution in [1.82, 2.24) is 5.09 Å². The Morgan fingerprint density at radius 1 is 1.12 bits per heavy atom.